The molecule has 1 aromatic heterocycles. The summed E-state index contributed by atoms with van der Waals surface area (Å²) in [5, 5.41) is 17.2. The highest BCUT2D eigenvalue weighted by molar-refractivity contribution is 7.99. The Morgan fingerprint density at radius 2 is 1.43 bits per heavy atom. The van der Waals surface area contributed by atoms with Crippen LogP contribution in [0.1, 0.15) is 41.0 Å². The lowest BCUT2D eigenvalue weighted by Gasteiger charge is -2.52. The lowest BCUT2D eigenvalue weighted by molar-refractivity contribution is -0.954. The Kier molecular flexibility index (Phi) is 7.91. The van der Waals surface area contributed by atoms with E-state index in [-0.39, 0.29) is 17.0 Å². The zero-order valence-corrected chi connectivity index (χ0v) is 23.3. The van der Waals surface area contributed by atoms with Crippen LogP contribution in [0.25, 0.3) is 0 Å². The van der Waals surface area contributed by atoms with E-state index in [1.165, 1.54) is 38.0 Å². The number of rotatable bonds is 8. The fourth-order valence-corrected chi connectivity index (χ4v) is 7.68. The second kappa shape index (κ2) is 11.2. The minimum atomic E-state index is -1.35. The summed E-state index contributed by atoms with van der Waals surface area (Å²) < 4.78 is 7.00. The number of thioether (sulfide) groups is 1. The molecule has 0 spiro atoms. The Balaban J connectivity index is 0.00000280. The van der Waals surface area contributed by atoms with E-state index in [4.69, 9.17) is 4.52 Å². The first-order chi connectivity index (χ1) is 17.6. The van der Waals surface area contributed by atoms with Gasteiger partial charge in [-0.15, -0.1) is 11.8 Å². The van der Waals surface area contributed by atoms with Crippen molar-refractivity contribution >= 4 is 11.8 Å². The molecule has 3 aromatic carbocycles. The maximum atomic E-state index is 12.1. The minimum Gasteiger partial charge on any atom is -1.00 e. The molecule has 3 saturated heterocycles. The van der Waals surface area contributed by atoms with Crippen LogP contribution >= 0.6 is 11.8 Å². The lowest BCUT2D eigenvalue weighted by atomic mass is 9.83. The van der Waals surface area contributed by atoms with Crippen molar-refractivity contribution in [2.45, 2.75) is 36.0 Å². The largest absolute Gasteiger partial charge is 1.00 e. The summed E-state index contributed by atoms with van der Waals surface area (Å²) in [5.41, 5.74) is 2.19. The highest BCUT2D eigenvalue weighted by Gasteiger charge is 2.47. The van der Waals surface area contributed by atoms with E-state index in [1.54, 1.807) is 0 Å². The van der Waals surface area contributed by atoms with Gasteiger partial charge < -0.3 is 31.1 Å². The quantitative estimate of drug-likeness (QED) is 0.328. The molecule has 192 valence electrons. The first-order valence-corrected chi connectivity index (χ1v) is 14.0. The van der Waals surface area contributed by atoms with Gasteiger partial charge in [0.05, 0.1) is 24.9 Å². The van der Waals surface area contributed by atoms with Crippen LogP contribution in [-0.4, -0.2) is 39.6 Å². The summed E-state index contributed by atoms with van der Waals surface area (Å²) in [5.74, 6) is 2.77. The Labute approximate surface area is 234 Å². The van der Waals surface area contributed by atoms with Crippen molar-refractivity contribution in [3.8, 4) is 0 Å². The van der Waals surface area contributed by atoms with E-state index in [0.29, 0.717) is 10.9 Å². The number of quaternary nitrogens is 1. The molecule has 4 aromatic rings. The Bertz CT molecular complexity index is 1230. The highest BCUT2D eigenvalue weighted by Crippen LogP contribution is 2.42. The third-order valence-electron chi connectivity index (χ3n) is 8.15. The van der Waals surface area contributed by atoms with Crippen molar-refractivity contribution in [2.24, 2.45) is 5.92 Å². The van der Waals surface area contributed by atoms with Gasteiger partial charge in [-0.05, 0) is 22.6 Å². The topological polar surface area (TPSA) is 46.3 Å². The predicted octanol–water partition coefficient (Wildman–Crippen LogP) is 3.01. The molecule has 37 heavy (non-hydrogen) atoms. The number of halogens is 1. The van der Waals surface area contributed by atoms with Gasteiger partial charge in [0.15, 0.2) is 11.4 Å². The molecule has 0 amide bonds. The van der Waals surface area contributed by atoms with Crippen LogP contribution < -0.4 is 17.0 Å². The maximum absolute atomic E-state index is 12.1. The van der Waals surface area contributed by atoms with Crippen molar-refractivity contribution in [1.82, 2.24) is 5.16 Å². The van der Waals surface area contributed by atoms with E-state index in [2.05, 4.69) is 47.3 Å². The SMILES string of the molecule is OC(c1ccccc1)(c1ccccc1)c1cc(C[N+]23CCC(CC2)[C@@H](SCc2ccccc2)C3)on1.[Br-]. The van der Waals surface area contributed by atoms with Gasteiger partial charge in [0.2, 0.25) is 0 Å². The molecule has 0 saturated carbocycles. The summed E-state index contributed by atoms with van der Waals surface area (Å²) in [6.07, 6.45) is 2.57. The zero-order valence-electron chi connectivity index (χ0n) is 20.9. The molecule has 0 radical (unpaired) electrons. The molecule has 3 aliphatic rings. The van der Waals surface area contributed by atoms with Crippen molar-refractivity contribution in [1.29, 1.82) is 0 Å². The number of nitrogens with zero attached hydrogens (tertiary/aromatic N) is 2. The van der Waals surface area contributed by atoms with Crippen LogP contribution in [0.4, 0.5) is 0 Å². The second-order valence-corrected chi connectivity index (χ2v) is 11.7. The third-order valence-corrected chi connectivity index (χ3v) is 9.61. The number of aliphatic hydroxyl groups is 1. The molecule has 1 N–H and O–H groups in total. The summed E-state index contributed by atoms with van der Waals surface area (Å²) >= 11 is 2.12. The van der Waals surface area contributed by atoms with Gasteiger partial charge >= 0.3 is 0 Å². The normalized spacial score (nSPS) is 22.9. The third kappa shape index (κ3) is 5.30. The molecule has 0 unspecified atom stereocenters. The van der Waals surface area contributed by atoms with E-state index >= 15 is 0 Å². The minimum absolute atomic E-state index is 0. The lowest BCUT2D eigenvalue weighted by Crippen LogP contribution is -3.00. The Morgan fingerprint density at radius 3 is 2.03 bits per heavy atom. The zero-order chi connectivity index (χ0) is 24.4. The Hall–Kier alpha value is -2.38. The average Bonchev–Trinajstić information content (AvgIpc) is 3.42. The molecular weight excluding hydrogens is 544 g/mol. The molecule has 0 aliphatic carbocycles. The first-order valence-electron chi connectivity index (χ1n) is 12.9. The van der Waals surface area contributed by atoms with E-state index in [1.807, 2.05) is 66.7 Å². The molecule has 2 bridgehead atoms. The van der Waals surface area contributed by atoms with Gasteiger partial charge in [-0.3, -0.25) is 0 Å². The van der Waals surface area contributed by atoms with Crippen molar-refractivity contribution in [3.63, 3.8) is 0 Å². The van der Waals surface area contributed by atoms with E-state index < -0.39 is 5.60 Å². The van der Waals surface area contributed by atoms with Crippen LogP contribution in [-0.2, 0) is 17.9 Å². The molecular formula is C31H33BrN2O2S. The number of hydrogen-bond acceptors (Lipinski definition) is 4. The standard InChI is InChI=1S/C31H33N2O2S.BrH/c34-31(26-12-6-2-7-13-26,27-14-8-3-9-15-27)30-20-28(35-32-30)21-33-18-16-25(17-19-33)29(22-33)36-23-24-10-4-1-5-11-24;/h1-15,20,25,29,34H,16-19,21-23H2;1H/q+1;/p-1/t25?,29-,33?;/m0./s1. The van der Waals surface area contributed by atoms with Crippen molar-refractivity contribution < 1.29 is 31.1 Å². The van der Waals surface area contributed by atoms with Crippen LogP contribution in [0, 0.1) is 5.92 Å². The van der Waals surface area contributed by atoms with Gasteiger partial charge in [0.25, 0.3) is 0 Å². The summed E-state index contributed by atoms with van der Waals surface area (Å²) in [6.45, 7) is 4.41. The van der Waals surface area contributed by atoms with Crippen molar-refractivity contribution in [2.75, 3.05) is 19.6 Å². The summed E-state index contributed by atoms with van der Waals surface area (Å²) in [7, 11) is 0. The highest BCUT2D eigenvalue weighted by atomic mass is 79.9. The second-order valence-electron chi connectivity index (χ2n) is 10.4. The molecule has 6 heteroatoms. The summed E-state index contributed by atoms with van der Waals surface area (Å²) in [4.78, 5) is 0. The van der Waals surface area contributed by atoms with Crippen molar-refractivity contribution in [3.05, 3.63) is 125 Å². The van der Waals surface area contributed by atoms with Crippen LogP contribution in [0.3, 0.4) is 0 Å². The number of fused-ring (bicyclic) bond motifs is 3. The maximum Gasteiger partial charge on any atom is 0.191 e. The van der Waals surface area contributed by atoms with Crippen LogP contribution in [0.2, 0.25) is 0 Å². The van der Waals surface area contributed by atoms with E-state index in [0.717, 1.165) is 39.6 Å². The fraction of sp³-hybridized carbons (Fsp3) is 0.323. The Morgan fingerprint density at radius 1 is 0.865 bits per heavy atom. The molecule has 3 aliphatic heterocycles. The van der Waals surface area contributed by atoms with Gasteiger partial charge in [-0.2, -0.15) is 0 Å². The monoisotopic (exact) mass is 576 g/mol. The van der Waals surface area contributed by atoms with Gasteiger partial charge in [-0.25, -0.2) is 0 Å². The fourth-order valence-electron chi connectivity index (χ4n) is 6.12. The molecule has 1 atom stereocenters. The number of benzene rings is 3. The smallest absolute Gasteiger partial charge is 0.191 e. The molecule has 7 rings (SSSR count). The van der Waals surface area contributed by atoms with E-state index in [9.17, 15) is 5.11 Å². The van der Waals surface area contributed by atoms with Gasteiger partial charge in [0, 0.05) is 24.7 Å². The predicted molar refractivity (Wildman–Crippen MR) is 144 cm³/mol. The molecule has 4 heterocycles. The van der Waals surface area contributed by atoms with Crippen LogP contribution in [0.15, 0.2) is 102 Å². The molecule has 3 fully saturated rings. The number of piperidine rings is 3. The van der Waals surface area contributed by atoms with Crippen LogP contribution in [0.5, 0.6) is 0 Å². The number of hydrogen-bond donors (Lipinski definition) is 1. The molecule has 4 nitrogen and oxygen atoms in total. The first kappa shape index (κ1) is 26.2. The van der Waals surface area contributed by atoms with Gasteiger partial charge in [0.1, 0.15) is 12.2 Å². The number of aromatic nitrogens is 1. The van der Waals surface area contributed by atoms with Gasteiger partial charge in [-0.1, -0.05) is 96.2 Å². The average molecular weight is 578 g/mol. The summed E-state index contributed by atoms with van der Waals surface area (Å²) in [6, 6.07) is 32.3.